The molecule has 1 heterocycles. The Morgan fingerprint density at radius 3 is 2.46 bits per heavy atom. The predicted molar refractivity (Wildman–Crippen MR) is 86.4 cm³/mol. The molecule has 6 aliphatic rings. The number of fused-ring (bicyclic) bond motifs is 1. The first-order chi connectivity index (χ1) is 10.9. The van der Waals surface area contributed by atoms with Crippen LogP contribution in [0.4, 0.5) is 0 Å². The number of amides is 1. The van der Waals surface area contributed by atoms with Crippen molar-refractivity contribution >= 4 is 5.91 Å². The second-order valence-electron chi connectivity index (χ2n) is 9.21. The zero-order valence-electron chi connectivity index (χ0n) is 13.9. The van der Waals surface area contributed by atoms with Gasteiger partial charge < -0.3 is 21.2 Å². The van der Waals surface area contributed by atoms with E-state index in [9.17, 15) is 15.2 Å². The van der Waals surface area contributed by atoms with Crippen LogP contribution in [0, 0.1) is 34.5 Å². The SMILES string of the molecule is N#C[C@H]1C[C@H]2C[C@H]2N1C(=O)[C@H](N)C12CC3CC(CC(O)(C3)C1)C2.O. The molecule has 1 aliphatic heterocycles. The Balaban J connectivity index is 0.00000146. The van der Waals surface area contributed by atoms with Gasteiger partial charge in [-0.05, 0) is 74.5 Å². The van der Waals surface area contributed by atoms with E-state index in [0.717, 1.165) is 38.5 Å². The van der Waals surface area contributed by atoms with E-state index in [1.165, 1.54) is 6.42 Å². The van der Waals surface area contributed by atoms with Crippen molar-refractivity contribution in [2.45, 2.75) is 75.1 Å². The molecule has 0 aromatic rings. The highest BCUT2D eigenvalue weighted by atomic mass is 16.3. The van der Waals surface area contributed by atoms with E-state index in [4.69, 9.17) is 5.73 Å². The highest BCUT2D eigenvalue weighted by molar-refractivity contribution is 5.84. The van der Waals surface area contributed by atoms with Gasteiger partial charge in [0.25, 0.3) is 0 Å². The third-order valence-electron chi connectivity index (χ3n) is 7.51. The minimum absolute atomic E-state index is 0. The molecule has 2 unspecified atom stereocenters. The molecule has 6 atom stereocenters. The Morgan fingerprint density at radius 1 is 1.21 bits per heavy atom. The first-order valence-electron chi connectivity index (χ1n) is 9.13. The number of rotatable bonds is 2. The zero-order chi connectivity index (χ0) is 16.0. The number of likely N-dealkylation sites (tertiary alicyclic amines) is 1. The first kappa shape index (κ1) is 16.3. The summed E-state index contributed by atoms with van der Waals surface area (Å²) in [5, 5.41) is 20.2. The quantitative estimate of drug-likeness (QED) is 0.756. The molecule has 132 valence electrons. The van der Waals surface area contributed by atoms with E-state index in [1.54, 1.807) is 4.90 Å². The van der Waals surface area contributed by atoms with Crippen LogP contribution in [-0.2, 0) is 4.79 Å². The number of hydrogen-bond donors (Lipinski definition) is 2. The lowest BCUT2D eigenvalue weighted by Gasteiger charge is -2.61. The van der Waals surface area contributed by atoms with Crippen molar-refractivity contribution in [3.8, 4) is 6.07 Å². The van der Waals surface area contributed by atoms with Crippen molar-refractivity contribution in [3.63, 3.8) is 0 Å². The van der Waals surface area contributed by atoms with Crippen LogP contribution in [-0.4, -0.2) is 45.1 Å². The molecule has 0 radical (unpaired) electrons. The third kappa shape index (κ3) is 2.08. The molecule has 1 amide bonds. The molecule has 5 N–H and O–H groups in total. The molecular weight excluding hydrogens is 306 g/mol. The average Bonchev–Trinajstić information content (AvgIpc) is 3.14. The normalized spacial score (nSPS) is 51.5. The lowest BCUT2D eigenvalue weighted by molar-refractivity contribution is -0.177. The molecule has 24 heavy (non-hydrogen) atoms. The van der Waals surface area contributed by atoms with Gasteiger partial charge in [-0.1, -0.05) is 0 Å². The van der Waals surface area contributed by atoms with Gasteiger partial charge in [0.1, 0.15) is 6.04 Å². The van der Waals surface area contributed by atoms with E-state index < -0.39 is 11.6 Å². The Bertz CT molecular complexity index is 601. The van der Waals surface area contributed by atoms with Crippen LogP contribution in [0.2, 0.25) is 0 Å². The van der Waals surface area contributed by atoms with E-state index in [1.807, 2.05) is 0 Å². The number of aliphatic hydroxyl groups is 1. The van der Waals surface area contributed by atoms with Crippen molar-refractivity contribution in [1.29, 1.82) is 5.26 Å². The summed E-state index contributed by atoms with van der Waals surface area (Å²) in [5.41, 5.74) is 5.71. The summed E-state index contributed by atoms with van der Waals surface area (Å²) < 4.78 is 0. The van der Waals surface area contributed by atoms with E-state index >= 15 is 0 Å². The van der Waals surface area contributed by atoms with Gasteiger partial charge in [0, 0.05) is 6.04 Å². The van der Waals surface area contributed by atoms with Gasteiger partial charge in [0.15, 0.2) is 0 Å². The van der Waals surface area contributed by atoms with Crippen molar-refractivity contribution < 1.29 is 15.4 Å². The summed E-state index contributed by atoms with van der Waals surface area (Å²) >= 11 is 0. The maximum atomic E-state index is 13.1. The lowest BCUT2D eigenvalue weighted by atomic mass is 9.46. The summed E-state index contributed by atoms with van der Waals surface area (Å²) in [6.07, 6.45) is 7.48. The summed E-state index contributed by atoms with van der Waals surface area (Å²) in [6, 6.07) is 1.72. The molecule has 6 fully saturated rings. The number of piperidine rings is 1. The number of nitriles is 1. The van der Waals surface area contributed by atoms with E-state index in [-0.39, 0.29) is 28.9 Å². The Morgan fingerprint density at radius 2 is 1.88 bits per heavy atom. The minimum atomic E-state index is -0.594. The van der Waals surface area contributed by atoms with Crippen molar-refractivity contribution in [3.05, 3.63) is 0 Å². The van der Waals surface area contributed by atoms with Gasteiger partial charge in [-0.2, -0.15) is 5.26 Å². The number of nitrogens with two attached hydrogens (primary N) is 1. The molecule has 6 rings (SSSR count). The van der Waals surface area contributed by atoms with Crippen LogP contribution < -0.4 is 5.73 Å². The highest BCUT2D eigenvalue weighted by Crippen LogP contribution is 2.63. The monoisotopic (exact) mass is 333 g/mol. The second kappa shape index (κ2) is 4.94. The van der Waals surface area contributed by atoms with Gasteiger partial charge in [0.2, 0.25) is 5.91 Å². The number of carbonyl (C=O) groups is 1. The van der Waals surface area contributed by atoms with Crippen molar-refractivity contribution in [2.24, 2.45) is 28.9 Å². The minimum Gasteiger partial charge on any atom is -0.412 e. The van der Waals surface area contributed by atoms with Gasteiger partial charge in [-0.15, -0.1) is 0 Å². The standard InChI is InChI=1S/C18H25N3O2.H2O/c19-8-13-2-12-3-14(12)21(13)16(22)15(20)17-4-10-1-11(5-17)7-18(23,6-10)9-17;/h10-15,23H,1-7,9,20H2;1H2/t10?,11?,12-,13+,14+,15-,17?,18?;/m0./s1. The fourth-order valence-electron chi connectivity index (χ4n) is 6.96. The molecular formula is C18H27N3O3. The second-order valence-corrected chi connectivity index (χ2v) is 9.21. The molecule has 0 aromatic heterocycles. The van der Waals surface area contributed by atoms with Crippen molar-refractivity contribution in [1.82, 2.24) is 4.90 Å². The molecule has 5 aliphatic carbocycles. The molecule has 6 nitrogen and oxygen atoms in total. The Labute approximate surface area is 142 Å². The van der Waals surface area contributed by atoms with E-state index in [0.29, 0.717) is 24.2 Å². The lowest BCUT2D eigenvalue weighted by Crippen LogP contribution is -2.64. The van der Waals surface area contributed by atoms with Gasteiger partial charge in [0.05, 0.1) is 17.7 Å². The number of nitrogens with zero attached hydrogens (tertiary/aromatic N) is 2. The van der Waals surface area contributed by atoms with Crippen LogP contribution in [0.25, 0.3) is 0 Å². The Hall–Kier alpha value is -1.16. The molecule has 5 saturated carbocycles. The fourth-order valence-corrected chi connectivity index (χ4v) is 6.96. The number of carbonyl (C=O) groups excluding carboxylic acids is 1. The van der Waals surface area contributed by atoms with Crippen LogP contribution in [0.1, 0.15) is 51.4 Å². The first-order valence-corrected chi connectivity index (χ1v) is 9.13. The third-order valence-corrected chi connectivity index (χ3v) is 7.51. The predicted octanol–water partition coefficient (Wildman–Crippen LogP) is 0.333. The highest BCUT2D eigenvalue weighted by Gasteiger charge is 2.62. The molecule has 1 saturated heterocycles. The topological polar surface area (TPSA) is 122 Å². The van der Waals surface area contributed by atoms with Crippen LogP contribution in [0.15, 0.2) is 0 Å². The summed E-state index contributed by atoms with van der Waals surface area (Å²) in [5.74, 6) is 1.56. The molecule has 0 aromatic carbocycles. The zero-order valence-corrected chi connectivity index (χ0v) is 13.9. The summed E-state index contributed by atoms with van der Waals surface area (Å²) in [7, 11) is 0. The van der Waals surface area contributed by atoms with Crippen LogP contribution >= 0.6 is 0 Å². The molecule has 0 spiro atoms. The fraction of sp³-hybridized carbons (Fsp3) is 0.889. The Kier molecular flexibility index (Phi) is 3.36. The molecule has 4 bridgehead atoms. The van der Waals surface area contributed by atoms with Crippen molar-refractivity contribution in [2.75, 3.05) is 0 Å². The van der Waals surface area contributed by atoms with Crippen LogP contribution in [0.3, 0.4) is 0 Å². The largest absolute Gasteiger partial charge is 0.412 e. The molecule has 6 heteroatoms. The van der Waals surface area contributed by atoms with Crippen LogP contribution in [0.5, 0.6) is 0 Å². The average molecular weight is 333 g/mol. The van der Waals surface area contributed by atoms with Gasteiger partial charge in [-0.3, -0.25) is 4.79 Å². The maximum Gasteiger partial charge on any atom is 0.241 e. The van der Waals surface area contributed by atoms with E-state index in [2.05, 4.69) is 6.07 Å². The summed E-state index contributed by atoms with van der Waals surface area (Å²) in [6.45, 7) is 0. The van der Waals surface area contributed by atoms with Gasteiger partial charge in [-0.25, -0.2) is 0 Å². The maximum absolute atomic E-state index is 13.1. The van der Waals surface area contributed by atoms with Gasteiger partial charge >= 0.3 is 0 Å². The summed E-state index contributed by atoms with van der Waals surface area (Å²) in [4.78, 5) is 14.9. The number of hydrogen-bond acceptors (Lipinski definition) is 4. The smallest absolute Gasteiger partial charge is 0.241 e.